The van der Waals surface area contributed by atoms with Gasteiger partial charge in [-0.05, 0) is 60.7 Å². The zero-order chi connectivity index (χ0) is 8.23. The molecule has 1 aliphatic heterocycles. The summed E-state index contributed by atoms with van der Waals surface area (Å²) in [4.78, 5) is 0. The number of hydrogen-bond donors (Lipinski definition) is 1. The van der Waals surface area contributed by atoms with Crippen LogP contribution in [0.25, 0.3) is 0 Å². The summed E-state index contributed by atoms with van der Waals surface area (Å²) in [5.74, 6) is 0.935. The predicted molar refractivity (Wildman–Crippen MR) is 53.6 cm³/mol. The van der Waals surface area contributed by atoms with Gasteiger partial charge in [-0.25, -0.2) is 0 Å². The van der Waals surface area contributed by atoms with Crippen LogP contribution < -0.4 is 5.32 Å². The van der Waals surface area contributed by atoms with Crippen molar-refractivity contribution in [2.75, 3.05) is 13.1 Å². The second kappa shape index (κ2) is 4.06. The Labute approximate surface area is 77.8 Å². The minimum atomic E-state index is 0.935. The summed E-state index contributed by atoms with van der Waals surface area (Å²) >= 11 is 1.81. The molecule has 0 aliphatic carbocycles. The fourth-order valence-corrected chi connectivity index (χ4v) is 2.47. The maximum Gasteiger partial charge on any atom is -0.00199 e. The lowest BCUT2D eigenvalue weighted by Crippen LogP contribution is -2.09. The van der Waals surface area contributed by atoms with Crippen molar-refractivity contribution in [2.45, 2.75) is 19.3 Å². The Bertz CT molecular complexity index is 212. The molecule has 12 heavy (non-hydrogen) atoms. The minimum Gasteiger partial charge on any atom is -0.316 e. The van der Waals surface area contributed by atoms with E-state index in [0.29, 0.717) is 0 Å². The molecule has 1 aromatic rings. The van der Waals surface area contributed by atoms with E-state index in [0.717, 1.165) is 5.92 Å². The Kier molecular flexibility index (Phi) is 2.79. The first kappa shape index (κ1) is 8.27. The van der Waals surface area contributed by atoms with Crippen molar-refractivity contribution < 1.29 is 0 Å². The number of thiophene rings is 1. The average molecular weight is 181 g/mol. The average Bonchev–Trinajstić information content (AvgIpc) is 2.74. The van der Waals surface area contributed by atoms with Crippen molar-refractivity contribution >= 4 is 11.3 Å². The molecule has 1 fully saturated rings. The minimum absolute atomic E-state index is 0.935. The van der Waals surface area contributed by atoms with Crippen molar-refractivity contribution in [3.8, 4) is 0 Å². The first-order chi connectivity index (χ1) is 5.95. The predicted octanol–water partition coefficient (Wildman–Crippen LogP) is 2.29. The molecule has 0 aromatic carbocycles. The van der Waals surface area contributed by atoms with E-state index in [1.165, 1.54) is 37.9 Å². The molecular weight excluding hydrogens is 166 g/mol. The molecule has 0 radical (unpaired) electrons. The molecule has 1 unspecified atom stereocenters. The molecule has 2 heterocycles. The van der Waals surface area contributed by atoms with Gasteiger partial charge in [0.2, 0.25) is 0 Å². The molecule has 2 rings (SSSR count). The Morgan fingerprint density at radius 2 is 2.58 bits per heavy atom. The van der Waals surface area contributed by atoms with Crippen LogP contribution in [0.1, 0.15) is 18.4 Å². The summed E-state index contributed by atoms with van der Waals surface area (Å²) in [6.45, 7) is 2.47. The van der Waals surface area contributed by atoms with Crippen molar-refractivity contribution in [2.24, 2.45) is 5.92 Å². The zero-order valence-electron chi connectivity index (χ0n) is 7.25. The van der Waals surface area contributed by atoms with Crippen LogP contribution in [-0.4, -0.2) is 13.1 Å². The SMILES string of the molecule is c1cc(CCC2CCNC2)cs1. The molecule has 0 bridgehead atoms. The van der Waals surface area contributed by atoms with Crippen LogP contribution in [0.5, 0.6) is 0 Å². The highest BCUT2D eigenvalue weighted by Gasteiger charge is 2.13. The van der Waals surface area contributed by atoms with E-state index in [-0.39, 0.29) is 0 Å². The van der Waals surface area contributed by atoms with Crippen molar-refractivity contribution in [3.05, 3.63) is 22.4 Å². The third kappa shape index (κ3) is 2.08. The highest BCUT2D eigenvalue weighted by molar-refractivity contribution is 7.07. The Morgan fingerprint density at radius 1 is 1.58 bits per heavy atom. The van der Waals surface area contributed by atoms with Gasteiger partial charge in [0, 0.05) is 0 Å². The van der Waals surface area contributed by atoms with Gasteiger partial charge in [0.25, 0.3) is 0 Å². The van der Waals surface area contributed by atoms with Crippen molar-refractivity contribution in [3.63, 3.8) is 0 Å². The van der Waals surface area contributed by atoms with Crippen LogP contribution >= 0.6 is 11.3 Å². The maximum atomic E-state index is 3.41. The van der Waals surface area contributed by atoms with Crippen molar-refractivity contribution in [1.29, 1.82) is 0 Å². The molecule has 0 amide bonds. The summed E-state index contributed by atoms with van der Waals surface area (Å²) in [6, 6.07) is 2.24. The van der Waals surface area contributed by atoms with Gasteiger partial charge in [-0.2, -0.15) is 11.3 Å². The number of aryl methyl sites for hydroxylation is 1. The summed E-state index contributed by atoms with van der Waals surface area (Å²) in [7, 11) is 0. The maximum absolute atomic E-state index is 3.41. The number of rotatable bonds is 3. The molecule has 0 saturated carbocycles. The Hall–Kier alpha value is -0.340. The van der Waals surface area contributed by atoms with Gasteiger partial charge in [0.1, 0.15) is 0 Å². The van der Waals surface area contributed by atoms with Crippen molar-refractivity contribution in [1.82, 2.24) is 5.32 Å². The summed E-state index contributed by atoms with van der Waals surface area (Å²) in [5, 5.41) is 7.84. The number of hydrogen-bond acceptors (Lipinski definition) is 2. The van der Waals surface area contributed by atoms with Crippen LogP contribution in [0, 0.1) is 5.92 Å². The van der Waals surface area contributed by atoms with Gasteiger partial charge in [0.15, 0.2) is 0 Å². The van der Waals surface area contributed by atoms with Crippen LogP contribution in [0.4, 0.5) is 0 Å². The molecule has 1 N–H and O–H groups in total. The molecule has 1 aliphatic rings. The summed E-state index contributed by atoms with van der Waals surface area (Å²) < 4.78 is 0. The fraction of sp³-hybridized carbons (Fsp3) is 0.600. The second-order valence-corrected chi connectivity index (χ2v) is 4.31. The lowest BCUT2D eigenvalue weighted by molar-refractivity contribution is 0.533. The van der Waals surface area contributed by atoms with E-state index in [9.17, 15) is 0 Å². The Balaban J connectivity index is 1.74. The van der Waals surface area contributed by atoms with Crippen LogP contribution in [0.2, 0.25) is 0 Å². The molecule has 2 heteroatoms. The fourth-order valence-electron chi connectivity index (χ4n) is 1.77. The van der Waals surface area contributed by atoms with E-state index < -0.39 is 0 Å². The highest BCUT2D eigenvalue weighted by Crippen LogP contribution is 2.16. The molecule has 66 valence electrons. The number of nitrogens with one attached hydrogen (secondary N) is 1. The zero-order valence-corrected chi connectivity index (χ0v) is 8.07. The molecular formula is C10H15NS. The van der Waals surface area contributed by atoms with E-state index in [2.05, 4.69) is 22.1 Å². The summed E-state index contributed by atoms with van der Waals surface area (Å²) in [5.41, 5.74) is 1.52. The molecule has 1 atom stereocenters. The first-order valence-corrected chi connectivity index (χ1v) is 5.61. The lowest BCUT2D eigenvalue weighted by atomic mass is 10.0. The normalized spacial score (nSPS) is 23.2. The van der Waals surface area contributed by atoms with E-state index in [1.807, 2.05) is 0 Å². The van der Waals surface area contributed by atoms with Gasteiger partial charge in [-0.1, -0.05) is 0 Å². The third-order valence-corrected chi connectivity index (χ3v) is 3.32. The van der Waals surface area contributed by atoms with Gasteiger partial charge < -0.3 is 5.32 Å². The summed E-state index contributed by atoms with van der Waals surface area (Å²) in [6.07, 6.45) is 4.02. The standard InChI is InChI=1S/C10H15NS/c1(9-3-5-11-7-9)2-10-4-6-12-8-10/h4,6,8-9,11H,1-3,5,7H2. The van der Waals surface area contributed by atoms with Gasteiger partial charge >= 0.3 is 0 Å². The quantitative estimate of drug-likeness (QED) is 0.754. The third-order valence-electron chi connectivity index (χ3n) is 2.58. The molecule has 1 aromatic heterocycles. The lowest BCUT2D eigenvalue weighted by Gasteiger charge is -2.05. The molecule has 0 spiro atoms. The molecule has 1 nitrogen and oxygen atoms in total. The van der Waals surface area contributed by atoms with Gasteiger partial charge in [-0.15, -0.1) is 0 Å². The largest absolute Gasteiger partial charge is 0.316 e. The Morgan fingerprint density at radius 3 is 3.25 bits per heavy atom. The first-order valence-electron chi connectivity index (χ1n) is 4.67. The van der Waals surface area contributed by atoms with Gasteiger partial charge in [0.05, 0.1) is 0 Å². The smallest absolute Gasteiger partial charge is 0.00199 e. The molecule has 1 saturated heterocycles. The van der Waals surface area contributed by atoms with Crippen LogP contribution in [0.3, 0.4) is 0 Å². The van der Waals surface area contributed by atoms with Crippen LogP contribution in [0.15, 0.2) is 16.8 Å². The van der Waals surface area contributed by atoms with E-state index >= 15 is 0 Å². The van der Waals surface area contributed by atoms with E-state index in [4.69, 9.17) is 0 Å². The highest BCUT2D eigenvalue weighted by atomic mass is 32.1. The second-order valence-electron chi connectivity index (χ2n) is 3.53. The van der Waals surface area contributed by atoms with Gasteiger partial charge in [-0.3, -0.25) is 0 Å². The van der Waals surface area contributed by atoms with Crippen LogP contribution in [-0.2, 0) is 6.42 Å². The topological polar surface area (TPSA) is 12.0 Å². The monoisotopic (exact) mass is 181 g/mol. The van der Waals surface area contributed by atoms with E-state index in [1.54, 1.807) is 11.3 Å².